The van der Waals surface area contributed by atoms with Gasteiger partial charge in [0.15, 0.2) is 0 Å². The van der Waals surface area contributed by atoms with E-state index in [1.807, 2.05) is 0 Å². The highest BCUT2D eigenvalue weighted by Gasteiger charge is 2.50. The van der Waals surface area contributed by atoms with Crippen LogP contribution in [0.25, 0.3) is 10.9 Å². The minimum Gasteiger partial charge on any atom is -0.346 e. The summed E-state index contributed by atoms with van der Waals surface area (Å²) in [6.07, 6.45) is 8.87. The molecule has 1 aromatic carbocycles. The van der Waals surface area contributed by atoms with Crippen molar-refractivity contribution in [3.8, 4) is 0 Å². The van der Waals surface area contributed by atoms with Crippen LogP contribution in [0.1, 0.15) is 44.2 Å². The zero-order valence-corrected chi connectivity index (χ0v) is 13.5. The number of para-hydroxylation sites is 1. The predicted molar refractivity (Wildman–Crippen MR) is 90.7 cm³/mol. The summed E-state index contributed by atoms with van der Waals surface area (Å²) in [6.45, 7) is 1.03. The van der Waals surface area contributed by atoms with E-state index in [1.54, 1.807) is 0 Å². The lowest BCUT2D eigenvalue weighted by Crippen LogP contribution is -2.58. The number of aromatic nitrogens is 1. The molecule has 0 saturated heterocycles. The lowest BCUT2D eigenvalue weighted by Gasteiger charge is -2.57. The first-order valence-corrected chi connectivity index (χ1v) is 8.99. The monoisotopic (exact) mass is 294 g/mol. The highest BCUT2D eigenvalue weighted by molar-refractivity contribution is 5.81. The van der Waals surface area contributed by atoms with Gasteiger partial charge in [0, 0.05) is 30.3 Å². The summed E-state index contributed by atoms with van der Waals surface area (Å²) in [5, 5.41) is 5.39. The Morgan fingerprint density at radius 3 is 2.32 bits per heavy atom. The lowest BCUT2D eigenvalue weighted by atomic mass is 9.53. The number of hydrogen-bond donors (Lipinski definition) is 1. The molecular weight excluding hydrogens is 268 g/mol. The third-order valence-corrected chi connectivity index (χ3v) is 6.73. The first kappa shape index (κ1) is 13.2. The molecule has 4 bridgehead atoms. The van der Waals surface area contributed by atoms with Crippen molar-refractivity contribution in [1.29, 1.82) is 0 Å². The molecule has 0 amide bonds. The van der Waals surface area contributed by atoms with Gasteiger partial charge in [0.25, 0.3) is 0 Å². The molecule has 0 aliphatic heterocycles. The van der Waals surface area contributed by atoms with Crippen LogP contribution in [0.3, 0.4) is 0 Å². The van der Waals surface area contributed by atoms with E-state index in [0.29, 0.717) is 5.54 Å². The Labute approximate surface area is 132 Å². The van der Waals surface area contributed by atoms with E-state index in [4.69, 9.17) is 0 Å². The Kier molecular flexibility index (Phi) is 2.76. The molecule has 0 radical (unpaired) electrons. The van der Waals surface area contributed by atoms with Crippen molar-refractivity contribution in [3.05, 3.63) is 36.0 Å². The molecule has 1 N–H and O–H groups in total. The number of aryl methyl sites for hydroxylation is 1. The fraction of sp³-hybridized carbons (Fsp3) is 0.600. The molecule has 22 heavy (non-hydrogen) atoms. The lowest BCUT2D eigenvalue weighted by molar-refractivity contribution is -0.0208. The zero-order chi connectivity index (χ0) is 14.7. The van der Waals surface area contributed by atoms with E-state index in [2.05, 4.69) is 47.3 Å². The maximum absolute atomic E-state index is 4.02. The maximum atomic E-state index is 4.02. The molecule has 0 unspecified atom stereocenters. The van der Waals surface area contributed by atoms with Crippen molar-refractivity contribution in [3.63, 3.8) is 0 Å². The fourth-order valence-corrected chi connectivity index (χ4v) is 6.12. The Hall–Kier alpha value is -1.28. The quantitative estimate of drug-likeness (QED) is 0.896. The van der Waals surface area contributed by atoms with Gasteiger partial charge < -0.3 is 9.88 Å². The van der Waals surface area contributed by atoms with Gasteiger partial charge in [-0.05, 0) is 73.8 Å². The average molecular weight is 294 g/mol. The number of nitrogens with zero attached hydrogens (tertiary/aromatic N) is 1. The fourth-order valence-electron chi connectivity index (χ4n) is 6.12. The Morgan fingerprint density at radius 1 is 1.05 bits per heavy atom. The van der Waals surface area contributed by atoms with Gasteiger partial charge in [-0.1, -0.05) is 18.2 Å². The summed E-state index contributed by atoms with van der Waals surface area (Å²) in [7, 11) is 2.21. The second-order valence-corrected chi connectivity index (χ2v) is 8.30. The second-order valence-electron chi connectivity index (χ2n) is 8.30. The number of nitrogens with one attached hydrogen (secondary N) is 1. The van der Waals surface area contributed by atoms with E-state index in [1.165, 1.54) is 55.1 Å². The van der Waals surface area contributed by atoms with E-state index in [0.717, 1.165) is 24.3 Å². The molecule has 4 aliphatic carbocycles. The predicted octanol–water partition coefficient (Wildman–Crippen LogP) is 4.24. The van der Waals surface area contributed by atoms with Crippen LogP contribution < -0.4 is 5.32 Å². The van der Waals surface area contributed by atoms with Crippen LogP contribution in [0.15, 0.2) is 30.3 Å². The topological polar surface area (TPSA) is 17.0 Å². The molecule has 6 rings (SSSR count). The summed E-state index contributed by atoms with van der Waals surface area (Å²) >= 11 is 0. The molecule has 0 atom stereocenters. The minimum absolute atomic E-state index is 0.463. The average Bonchev–Trinajstić information content (AvgIpc) is 2.81. The summed E-state index contributed by atoms with van der Waals surface area (Å²) in [4.78, 5) is 0. The van der Waals surface area contributed by atoms with Gasteiger partial charge in [-0.15, -0.1) is 0 Å². The summed E-state index contributed by atoms with van der Waals surface area (Å²) in [5.41, 5.74) is 3.24. The molecule has 1 aromatic heterocycles. The molecule has 116 valence electrons. The smallest absolute Gasteiger partial charge is 0.0480 e. The van der Waals surface area contributed by atoms with Gasteiger partial charge in [0.1, 0.15) is 0 Å². The van der Waals surface area contributed by atoms with E-state index in [9.17, 15) is 0 Å². The molecule has 2 aromatic rings. The molecule has 2 nitrogen and oxygen atoms in total. The van der Waals surface area contributed by atoms with Crippen LogP contribution in [0, 0.1) is 17.8 Å². The van der Waals surface area contributed by atoms with Crippen LogP contribution in [0.5, 0.6) is 0 Å². The molecule has 4 fully saturated rings. The number of rotatable bonds is 3. The van der Waals surface area contributed by atoms with Crippen molar-refractivity contribution < 1.29 is 0 Å². The van der Waals surface area contributed by atoms with Gasteiger partial charge in [0.05, 0.1) is 0 Å². The summed E-state index contributed by atoms with van der Waals surface area (Å²) in [6, 6.07) is 11.1. The Morgan fingerprint density at radius 2 is 1.68 bits per heavy atom. The number of fused-ring (bicyclic) bond motifs is 1. The molecular formula is C20H26N2. The van der Waals surface area contributed by atoms with Crippen molar-refractivity contribution in [2.45, 2.75) is 50.6 Å². The molecule has 2 heteroatoms. The van der Waals surface area contributed by atoms with Crippen LogP contribution in [-0.2, 0) is 13.6 Å². The molecule has 1 heterocycles. The summed E-state index contributed by atoms with van der Waals surface area (Å²) < 4.78 is 2.36. The van der Waals surface area contributed by atoms with Crippen molar-refractivity contribution >= 4 is 10.9 Å². The van der Waals surface area contributed by atoms with Gasteiger partial charge in [-0.25, -0.2) is 0 Å². The highest BCUT2D eigenvalue weighted by atomic mass is 15.0. The van der Waals surface area contributed by atoms with Crippen LogP contribution >= 0.6 is 0 Å². The summed E-state index contributed by atoms with van der Waals surface area (Å²) in [5.74, 6) is 3.06. The van der Waals surface area contributed by atoms with Gasteiger partial charge >= 0.3 is 0 Å². The van der Waals surface area contributed by atoms with E-state index < -0.39 is 0 Å². The van der Waals surface area contributed by atoms with Gasteiger partial charge in [0.2, 0.25) is 0 Å². The van der Waals surface area contributed by atoms with E-state index >= 15 is 0 Å². The van der Waals surface area contributed by atoms with Crippen LogP contribution in [0.4, 0.5) is 0 Å². The largest absolute Gasteiger partial charge is 0.346 e. The maximum Gasteiger partial charge on any atom is 0.0480 e. The third kappa shape index (κ3) is 1.96. The number of benzene rings is 1. The zero-order valence-electron chi connectivity index (χ0n) is 13.5. The van der Waals surface area contributed by atoms with Crippen LogP contribution in [-0.4, -0.2) is 10.1 Å². The SMILES string of the molecule is Cn1c(CNC23CC4CC(CC(C4)C2)C3)cc2ccccc21. The first-order valence-electron chi connectivity index (χ1n) is 8.99. The van der Waals surface area contributed by atoms with Crippen molar-refractivity contribution in [1.82, 2.24) is 9.88 Å². The van der Waals surface area contributed by atoms with Crippen molar-refractivity contribution in [2.24, 2.45) is 24.8 Å². The minimum atomic E-state index is 0.463. The number of hydrogen-bond acceptors (Lipinski definition) is 1. The van der Waals surface area contributed by atoms with Gasteiger partial charge in [-0.2, -0.15) is 0 Å². The Balaban J connectivity index is 1.39. The normalized spacial score (nSPS) is 36.3. The Bertz CT molecular complexity index is 676. The van der Waals surface area contributed by atoms with Crippen LogP contribution in [0.2, 0.25) is 0 Å². The second kappa shape index (κ2) is 4.61. The van der Waals surface area contributed by atoms with Crippen molar-refractivity contribution in [2.75, 3.05) is 0 Å². The van der Waals surface area contributed by atoms with Gasteiger partial charge in [-0.3, -0.25) is 0 Å². The highest BCUT2D eigenvalue weighted by Crippen LogP contribution is 2.55. The molecule has 4 saturated carbocycles. The third-order valence-electron chi connectivity index (χ3n) is 6.73. The standard InChI is InChI=1S/C20H26N2/c1-22-18(9-17-4-2-3-5-19(17)22)13-21-20-10-14-6-15(11-20)8-16(7-14)12-20/h2-5,9,14-16,21H,6-8,10-13H2,1H3. The first-order chi connectivity index (χ1) is 10.7. The molecule has 4 aliphatic rings. The molecule has 0 spiro atoms. The van der Waals surface area contributed by atoms with E-state index in [-0.39, 0.29) is 0 Å².